The number of amides is 2. The highest BCUT2D eigenvalue weighted by Gasteiger charge is 2.31. The number of carbonyl (C=O) groups excluding carboxylic acids is 1. The molecule has 1 unspecified atom stereocenters. The summed E-state index contributed by atoms with van der Waals surface area (Å²) < 4.78 is 10.4. The summed E-state index contributed by atoms with van der Waals surface area (Å²) >= 11 is 0. The van der Waals surface area contributed by atoms with Crippen molar-refractivity contribution in [3.05, 3.63) is 95.3 Å². The highest BCUT2D eigenvalue weighted by Crippen LogP contribution is 2.39. The van der Waals surface area contributed by atoms with Gasteiger partial charge in [0.15, 0.2) is 5.65 Å². The maximum atomic E-state index is 13.5. The number of aromatic nitrogens is 5. The summed E-state index contributed by atoms with van der Waals surface area (Å²) in [6.45, 7) is 11.9. The Labute approximate surface area is 287 Å². The predicted octanol–water partition coefficient (Wildman–Crippen LogP) is 6.89. The normalized spacial score (nSPS) is 19.0. The summed E-state index contributed by atoms with van der Waals surface area (Å²) in [5, 5.41) is 30.1. The molecule has 1 aliphatic carbocycles. The van der Waals surface area contributed by atoms with E-state index < -0.39 is 0 Å². The molecule has 256 valence electrons. The van der Waals surface area contributed by atoms with Crippen molar-refractivity contribution in [2.24, 2.45) is 5.92 Å². The van der Waals surface area contributed by atoms with E-state index in [0.717, 1.165) is 84.2 Å². The first-order chi connectivity index (χ1) is 23.5. The van der Waals surface area contributed by atoms with Gasteiger partial charge in [0.1, 0.15) is 17.7 Å². The SMILES string of the molecule is Cc1ccc(-n2nc(C(C)(C)C)cc2NC(=O)N[C@H]2CC[C@@H](Oc3ccc4nnc(N5CCC(C(C)O)CC5)n4c3)c3ccccc32)cc1. The van der Waals surface area contributed by atoms with Gasteiger partial charge in [-0.3, -0.25) is 9.72 Å². The number of aliphatic hydroxyl groups excluding tert-OH is 1. The smallest absolute Gasteiger partial charge is 0.320 e. The van der Waals surface area contributed by atoms with Crippen LogP contribution in [0.4, 0.5) is 16.6 Å². The number of benzene rings is 2. The number of aryl methyl sites for hydroxylation is 1. The zero-order valence-corrected chi connectivity index (χ0v) is 28.9. The first-order valence-corrected chi connectivity index (χ1v) is 17.3. The minimum Gasteiger partial charge on any atom is -0.484 e. The summed E-state index contributed by atoms with van der Waals surface area (Å²) in [6.07, 6.45) is 4.79. The van der Waals surface area contributed by atoms with Crippen LogP contribution in [0, 0.1) is 12.8 Å². The quantitative estimate of drug-likeness (QED) is 0.173. The summed E-state index contributed by atoms with van der Waals surface area (Å²) in [7, 11) is 0. The monoisotopic (exact) mass is 662 g/mol. The maximum absolute atomic E-state index is 13.5. The van der Waals surface area contributed by atoms with Gasteiger partial charge in [0.2, 0.25) is 5.95 Å². The molecule has 4 heterocycles. The zero-order valence-electron chi connectivity index (χ0n) is 28.9. The second kappa shape index (κ2) is 13.2. The van der Waals surface area contributed by atoms with Crippen molar-refractivity contribution in [1.82, 2.24) is 29.7 Å². The number of pyridine rings is 1. The van der Waals surface area contributed by atoms with E-state index in [1.54, 1.807) is 4.68 Å². The van der Waals surface area contributed by atoms with E-state index in [9.17, 15) is 9.90 Å². The fourth-order valence-corrected chi connectivity index (χ4v) is 6.94. The number of hydrogen-bond donors (Lipinski definition) is 3. The zero-order chi connectivity index (χ0) is 34.3. The Morgan fingerprint density at radius 3 is 2.41 bits per heavy atom. The van der Waals surface area contributed by atoms with Crippen molar-refractivity contribution >= 4 is 23.4 Å². The number of piperidine rings is 1. The molecule has 0 spiro atoms. The second-order valence-electron chi connectivity index (χ2n) is 14.5. The average molecular weight is 663 g/mol. The number of rotatable bonds is 7. The van der Waals surface area contributed by atoms with E-state index in [-0.39, 0.29) is 29.7 Å². The number of carbonyl (C=O) groups is 1. The number of anilines is 2. The van der Waals surface area contributed by atoms with Crippen molar-refractivity contribution in [3.8, 4) is 11.4 Å². The lowest BCUT2D eigenvalue weighted by molar-refractivity contribution is 0.109. The molecule has 49 heavy (non-hydrogen) atoms. The van der Waals surface area contributed by atoms with E-state index in [0.29, 0.717) is 11.7 Å². The molecule has 0 saturated carbocycles. The van der Waals surface area contributed by atoms with E-state index >= 15 is 0 Å². The average Bonchev–Trinajstić information content (AvgIpc) is 3.71. The number of nitrogens with one attached hydrogen (secondary N) is 2. The molecular formula is C38H46N8O3. The van der Waals surface area contributed by atoms with Gasteiger partial charge in [-0.2, -0.15) is 5.10 Å². The third-order valence-corrected chi connectivity index (χ3v) is 9.88. The van der Waals surface area contributed by atoms with E-state index in [2.05, 4.69) is 65.6 Å². The van der Waals surface area contributed by atoms with Crippen LogP contribution in [0.3, 0.4) is 0 Å². The Hall–Kier alpha value is -4.90. The van der Waals surface area contributed by atoms with Crippen molar-refractivity contribution < 1.29 is 14.6 Å². The van der Waals surface area contributed by atoms with Gasteiger partial charge in [-0.05, 0) is 80.8 Å². The van der Waals surface area contributed by atoms with Crippen molar-refractivity contribution in [2.75, 3.05) is 23.3 Å². The van der Waals surface area contributed by atoms with E-state index in [1.807, 2.05) is 72.1 Å². The highest BCUT2D eigenvalue weighted by molar-refractivity contribution is 5.89. The Balaban J connectivity index is 1.07. The van der Waals surface area contributed by atoms with Gasteiger partial charge in [-0.25, -0.2) is 9.48 Å². The van der Waals surface area contributed by atoms with Gasteiger partial charge in [0, 0.05) is 24.6 Å². The molecule has 0 radical (unpaired) electrons. The molecular weight excluding hydrogens is 616 g/mol. The van der Waals surface area contributed by atoms with Crippen LogP contribution in [0.5, 0.6) is 5.75 Å². The molecule has 11 heteroatoms. The predicted molar refractivity (Wildman–Crippen MR) is 191 cm³/mol. The first kappa shape index (κ1) is 32.6. The topological polar surface area (TPSA) is 122 Å². The third-order valence-electron chi connectivity index (χ3n) is 9.88. The number of ether oxygens (including phenoxy) is 1. The number of nitrogens with zero attached hydrogens (tertiary/aromatic N) is 6. The lowest BCUT2D eigenvalue weighted by atomic mass is 9.85. The van der Waals surface area contributed by atoms with Crippen LogP contribution < -0.4 is 20.3 Å². The number of urea groups is 1. The maximum Gasteiger partial charge on any atom is 0.320 e. The first-order valence-electron chi connectivity index (χ1n) is 17.3. The van der Waals surface area contributed by atoms with Crippen LogP contribution >= 0.6 is 0 Å². The minimum atomic E-state index is -0.296. The van der Waals surface area contributed by atoms with Crippen LogP contribution in [0.2, 0.25) is 0 Å². The molecule has 1 fully saturated rings. The molecule has 3 N–H and O–H groups in total. The molecule has 3 aromatic heterocycles. The van der Waals surface area contributed by atoms with Crippen molar-refractivity contribution in [2.45, 2.75) is 84.0 Å². The van der Waals surface area contributed by atoms with Crippen LogP contribution in [0.1, 0.15) is 87.9 Å². The molecule has 1 aliphatic heterocycles. The van der Waals surface area contributed by atoms with Gasteiger partial charge in [-0.1, -0.05) is 62.7 Å². The lowest BCUT2D eigenvalue weighted by Gasteiger charge is -2.33. The van der Waals surface area contributed by atoms with E-state index in [1.165, 1.54) is 0 Å². The van der Waals surface area contributed by atoms with Crippen LogP contribution in [-0.2, 0) is 5.41 Å². The number of aliphatic hydroxyl groups is 1. The Morgan fingerprint density at radius 1 is 0.959 bits per heavy atom. The Morgan fingerprint density at radius 2 is 1.69 bits per heavy atom. The molecule has 2 aliphatic rings. The lowest BCUT2D eigenvalue weighted by Crippen LogP contribution is -2.38. The highest BCUT2D eigenvalue weighted by atomic mass is 16.5. The molecule has 3 atom stereocenters. The second-order valence-corrected chi connectivity index (χ2v) is 14.5. The number of hydrogen-bond acceptors (Lipinski definition) is 7. The fraction of sp³-hybridized carbons (Fsp3) is 0.421. The van der Waals surface area contributed by atoms with Crippen molar-refractivity contribution in [1.29, 1.82) is 0 Å². The molecule has 1 saturated heterocycles. The van der Waals surface area contributed by atoms with Gasteiger partial charge in [0.05, 0.1) is 29.7 Å². The van der Waals surface area contributed by atoms with Gasteiger partial charge >= 0.3 is 6.03 Å². The molecule has 0 bridgehead atoms. The summed E-state index contributed by atoms with van der Waals surface area (Å²) in [5.74, 6) is 2.46. The van der Waals surface area contributed by atoms with Crippen LogP contribution in [0.15, 0.2) is 72.9 Å². The molecule has 11 nitrogen and oxygen atoms in total. The fourth-order valence-electron chi connectivity index (χ4n) is 6.94. The summed E-state index contributed by atoms with van der Waals surface area (Å²) in [4.78, 5) is 15.8. The molecule has 2 aromatic carbocycles. The molecule has 7 rings (SSSR count). The third kappa shape index (κ3) is 6.85. The number of fused-ring (bicyclic) bond motifs is 2. The van der Waals surface area contributed by atoms with Gasteiger partial charge in [-0.15, -0.1) is 10.2 Å². The molecule has 2 amide bonds. The van der Waals surface area contributed by atoms with Gasteiger partial charge < -0.3 is 20.1 Å². The van der Waals surface area contributed by atoms with Crippen LogP contribution in [-0.4, -0.2) is 54.7 Å². The summed E-state index contributed by atoms with van der Waals surface area (Å²) in [6, 6.07) is 21.7. The van der Waals surface area contributed by atoms with Crippen LogP contribution in [0.25, 0.3) is 11.3 Å². The minimum absolute atomic E-state index is 0.172. The largest absolute Gasteiger partial charge is 0.484 e. The Bertz CT molecular complexity index is 1930. The Kier molecular flexibility index (Phi) is 8.79. The standard InChI is InChI=1S/C38H46N8O3/c1-24-10-12-27(13-11-24)46-35(22-33(43-46)38(3,4)5)40-36(48)39-31-15-16-32(30-9-7-6-8-29(30)31)49-28-14-17-34-41-42-37(45(34)23-28)44-20-18-26(19-21-44)25(2)47/h6-14,17,22-23,25-26,31-32,47H,15-16,18-21H2,1-5H3,(H2,39,40,48)/t25?,31-,32+/m0/s1. The molecule has 5 aromatic rings. The van der Waals surface area contributed by atoms with Crippen molar-refractivity contribution in [3.63, 3.8) is 0 Å². The summed E-state index contributed by atoms with van der Waals surface area (Å²) in [5.41, 5.74) is 5.62. The van der Waals surface area contributed by atoms with E-state index in [4.69, 9.17) is 9.84 Å². The van der Waals surface area contributed by atoms with Gasteiger partial charge in [0.25, 0.3) is 0 Å².